The fourth-order valence-electron chi connectivity index (χ4n) is 2.37. The summed E-state index contributed by atoms with van der Waals surface area (Å²) in [6, 6.07) is 8.00. The van der Waals surface area contributed by atoms with E-state index in [1.807, 2.05) is 28.9 Å². The minimum absolute atomic E-state index is 0.160. The lowest BCUT2D eigenvalue weighted by atomic mass is 10.1. The summed E-state index contributed by atoms with van der Waals surface area (Å²) in [6.45, 7) is 8.36. The van der Waals surface area contributed by atoms with Crippen LogP contribution in [0.2, 0.25) is 0 Å². The molecule has 0 atom stereocenters. The summed E-state index contributed by atoms with van der Waals surface area (Å²) < 4.78 is 8.08. The Morgan fingerprint density at radius 2 is 1.89 bits per heavy atom. The van der Waals surface area contributed by atoms with Crippen LogP contribution in [0.4, 0.5) is 0 Å². The van der Waals surface area contributed by atoms with E-state index in [2.05, 4.69) is 38.0 Å². The van der Waals surface area contributed by atoms with Crippen LogP contribution >= 0.6 is 0 Å². The van der Waals surface area contributed by atoms with Gasteiger partial charge in [0.15, 0.2) is 5.72 Å². The topological polar surface area (TPSA) is 39.9 Å². The molecular formula is C14H21N3O. The zero-order valence-electron chi connectivity index (χ0n) is 11.6. The summed E-state index contributed by atoms with van der Waals surface area (Å²) >= 11 is 0. The predicted molar refractivity (Wildman–Crippen MR) is 72.3 cm³/mol. The van der Waals surface area contributed by atoms with Gasteiger partial charge in [0.05, 0.1) is 11.6 Å². The van der Waals surface area contributed by atoms with Gasteiger partial charge in [-0.3, -0.25) is 0 Å². The van der Waals surface area contributed by atoms with E-state index >= 15 is 0 Å². The largest absolute Gasteiger partial charge is 0.351 e. The molecule has 0 unspecified atom stereocenters. The number of aromatic nitrogens is 3. The van der Waals surface area contributed by atoms with E-state index in [1.54, 1.807) is 0 Å². The van der Waals surface area contributed by atoms with Crippen LogP contribution in [0.25, 0.3) is 11.0 Å². The highest BCUT2D eigenvalue weighted by atomic mass is 16.5. The fraction of sp³-hybridized carbons (Fsp3) is 0.571. The molecule has 2 aromatic rings. The molecule has 0 amide bonds. The SMILES string of the molecule is CCC(CC)(OC(C)C)n1nnc2ccccc21. The lowest BCUT2D eigenvalue weighted by molar-refractivity contribution is -0.147. The molecule has 0 saturated carbocycles. The fourth-order valence-corrected chi connectivity index (χ4v) is 2.37. The maximum absolute atomic E-state index is 6.15. The Hall–Kier alpha value is -1.42. The van der Waals surface area contributed by atoms with Crippen molar-refractivity contribution in [2.75, 3.05) is 0 Å². The van der Waals surface area contributed by atoms with Crippen LogP contribution < -0.4 is 0 Å². The second kappa shape index (κ2) is 5.06. The van der Waals surface area contributed by atoms with Crippen molar-refractivity contribution < 1.29 is 4.74 Å². The molecule has 0 aliphatic carbocycles. The van der Waals surface area contributed by atoms with Crippen molar-refractivity contribution in [3.63, 3.8) is 0 Å². The van der Waals surface area contributed by atoms with Crippen molar-refractivity contribution in [2.24, 2.45) is 0 Å². The molecule has 4 nitrogen and oxygen atoms in total. The van der Waals surface area contributed by atoms with Crippen LogP contribution in [0.3, 0.4) is 0 Å². The quantitative estimate of drug-likeness (QED) is 0.813. The van der Waals surface area contributed by atoms with Gasteiger partial charge in [0.25, 0.3) is 0 Å². The minimum Gasteiger partial charge on any atom is -0.351 e. The van der Waals surface area contributed by atoms with Gasteiger partial charge in [-0.15, -0.1) is 5.10 Å². The Bertz CT molecular complexity index is 514. The van der Waals surface area contributed by atoms with Crippen LogP contribution in [-0.4, -0.2) is 21.1 Å². The first-order valence-corrected chi connectivity index (χ1v) is 6.61. The molecule has 0 fully saturated rings. The zero-order chi connectivity index (χ0) is 13.2. The van der Waals surface area contributed by atoms with Crippen LogP contribution in [-0.2, 0) is 10.5 Å². The number of hydrogen-bond donors (Lipinski definition) is 0. The van der Waals surface area contributed by atoms with E-state index in [0.717, 1.165) is 23.9 Å². The third kappa shape index (κ3) is 2.12. The van der Waals surface area contributed by atoms with Gasteiger partial charge in [-0.2, -0.15) is 0 Å². The lowest BCUT2D eigenvalue weighted by Crippen LogP contribution is -2.38. The molecule has 1 aromatic carbocycles. The molecule has 1 heterocycles. The van der Waals surface area contributed by atoms with Gasteiger partial charge in [-0.05, 0) is 38.8 Å². The first-order chi connectivity index (χ1) is 8.63. The number of fused-ring (bicyclic) bond motifs is 1. The molecule has 0 saturated heterocycles. The molecule has 0 spiro atoms. The van der Waals surface area contributed by atoms with Gasteiger partial charge < -0.3 is 4.74 Å². The van der Waals surface area contributed by atoms with Gasteiger partial charge in [0.2, 0.25) is 0 Å². The second-order valence-corrected chi connectivity index (χ2v) is 4.81. The van der Waals surface area contributed by atoms with Gasteiger partial charge >= 0.3 is 0 Å². The normalized spacial score (nSPS) is 12.5. The van der Waals surface area contributed by atoms with Crippen molar-refractivity contribution in [1.29, 1.82) is 0 Å². The van der Waals surface area contributed by atoms with Gasteiger partial charge in [-0.1, -0.05) is 31.2 Å². The highest BCUT2D eigenvalue weighted by molar-refractivity contribution is 5.74. The average Bonchev–Trinajstić information content (AvgIpc) is 2.80. The number of hydrogen-bond acceptors (Lipinski definition) is 3. The van der Waals surface area contributed by atoms with Crippen molar-refractivity contribution in [1.82, 2.24) is 15.0 Å². The molecule has 1 aromatic heterocycles. The molecule has 18 heavy (non-hydrogen) atoms. The predicted octanol–water partition coefficient (Wildman–Crippen LogP) is 3.33. The Labute approximate surface area is 108 Å². The third-order valence-corrected chi connectivity index (χ3v) is 3.30. The van der Waals surface area contributed by atoms with Gasteiger partial charge in [0.1, 0.15) is 5.52 Å². The minimum atomic E-state index is -0.399. The molecule has 0 bridgehead atoms. The average molecular weight is 247 g/mol. The Balaban J connectivity index is 2.54. The lowest BCUT2D eigenvalue weighted by Gasteiger charge is -2.34. The Kier molecular flexibility index (Phi) is 3.66. The van der Waals surface area contributed by atoms with E-state index in [-0.39, 0.29) is 6.10 Å². The molecule has 0 N–H and O–H groups in total. The Morgan fingerprint density at radius 1 is 1.22 bits per heavy atom. The summed E-state index contributed by atoms with van der Waals surface area (Å²) in [5, 5.41) is 8.52. The molecule has 4 heteroatoms. The van der Waals surface area contributed by atoms with E-state index in [4.69, 9.17) is 4.74 Å². The van der Waals surface area contributed by atoms with E-state index in [0.29, 0.717) is 0 Å². The van der Waals surface area contributed by atoms with Gasteiger partial charge in [0, 0.05) is 0 Å². The van der Waals surface area contributed by atoms with Crippen molar-refractivity contribution in [2.45, 2.75) is 52.4 Å². The smallest absolute Gasteiger partial charge is 0.163 e. The van der Waals surface area contributed by atoms with Crippen LogP contribution in [0.5, 0.6) is 0 Å². The highest BCUT2D eigenvalue weighted by Gasteiger charge is 2.33. The summed E-state index contributed by atoms with van der Waals surface area (Å²) in [5.74, 6) is 0. The van der Waals surface area contributed by atoms with Gasteiger partial charge in [-0.25, -0.2) is 4.68 Å². The van der Waals surface area contributed by atoms with E-state index in [1.165, 1.54) is 0 Å². The molecular weight excluding hydrogens is 226 g/mol. The second-order valence-electron chi connectivity index (χ2n) is 4.81. The molecule has 0 aliphatic heterocycles. The summed E-state index contributed by atoms with van der Waals surface area (Å²) in [6.07, 6.45) is 1.90. The van der Waals surface area contributed by atoms with Crippen LogP contribution in [0.15, 0.2) is 24.3 Å². The number of benzene rings is 1. The maximum atomic E-state index is 6.15. The summed E-state index contributed by atoms with van der Waals surface area (Å²) in [5.41, 5.74) is 1.54. The zero-order valence-corrected chi connectivity index (χ0v) is 11.6. The summed E-state index contributed by atoms with van der Waals surface area (Å²) in [7, 11) is 0. The van der Waals surface area contributed by atoms with Crippen molar-refractivity contribution >= 4 is 11.0 Å². The standard InChI is InChI=1S/C14H21N3O/c1-5-14(6-2,18-11(3)4)17-13-10-8-7-9-12(13)15-16-17/h7-11H,5-6H2,1-4H3. The highest BCUT2D eigenvalue weighted by Crippen LogP contribution is 2.30. The molecule has 0 aliphatic rings. The monoisotopic (exact) mass is 247 g/mol. The van der Waals surface area contributed by atoms with E-state index in [9.17, 15) is 0 Å². The summed E-state index contributed by atoms with van der Waals surface area (Å²) in [4.78, 5) is 0. The number of para-hydroxylation sites is 1. The first-order valence-electron chi connectivity index (χ1n) is 6.61. The van der Waals surface area contributed by atoms with Crippen LogP contribution in [0, 0.1) is 0 Å². The first kappa shape index (κ1) is 13.0. The third-order valence-electron chi connectivity index (χ3n) is 3.30. The number of nitrogens with zero attached hydrogens (tertiary/aromatic N) is 3. The maximum Gasteiger partial charge on any atom is 0.163 e. The van der Waals surface area contributed by atoms with Crippen molar-refractivity contribution in [3.05, 3.63) is 24.3 Å². The van der Waals surface area contributed by atoms with Crippen LogP contribution in [0.1, 0.15) is 40.5 Å². The molecule has 2 rings (SSSR count). The molecule has 0 radical (unpaired) electrons. The number of ether oxygens (including phenoxy) is 1. The number of rotatable bonds is 5. The van der Waals surface area contributed by atoms with Crippen molar-refractivity contribution in [3.8, 4) is 0 Å². The molecule has 98 valence electrons. The Morgan fingerprint density at radius 3 is 2.50 bits per heavy atom. The van der Waals surface area contributed by atoms with E-state index < -0.39 is 5.72 Å².